The molecule has 0 unspecified atom stereocenters. The van der Waals surface area contributed by atoms with Gasteiger partial charge in [0.15, 0.2) is 0 Å². The Bertz CT molecular complexity index is 1640. The molecule has 4 aromatic rings. The molecule has 1 aliphatic heterocycles. The number of carbonyl (C=O) groups is 3. The zero-order valence-corrected chi connectivity index (χ0v) is 22.9. The van der Waals surface area contributed by atoms with Crippen molar-refractivity contribution in [3.63, 3.8) is 0 Å². The molecule has 0 atom stereocenters. The number of nitrogens with one attached hydrogen (secondary N) is 2. The van der Waals surface area contributed by atoms with Gasteiger partial charge in [-0.05, 0) is 67.1 Å². The maximum atomic E-state index is 13.5. The molecule has 2 aromatic carbocycles. The Morgan fingerprint density at radius 2 is 1.88 bits per heavy atom. The number of ether oxygens (including phenoxy) is 2. The minimum atomic E-state index is -0.673. The number of aromatic nitrogens is 2. The monoisotopic (exact) mass is 556 g/mol. The zero-order valence-electron chi connectivity index (χ0n) is 22.9. The summed E-state index contributed by atoms with van der Waals surface area (Å²) in [6, 6.07) is 15.8. The number of esters is 1. The van der Waals surface area contributed by atoms with Crippen LogP contribution < -0.4 is 10.1 Å². The number of amides is 2. The number of carbonyl (C=O) groups excluding carboxylic acids is 3. The SMILES string of the molecule is CCOC(=O)C1=CN(C(=O)c2ccc(F)cc2)CC(C)(C)c2c1[nH]c1ccc(OC(=O)NCc3ccccn3)cc21. The summed E-state index contributed by atoms with van der Waals surface area (Å²) in [7, 11) is 0. The van der Waals surface area contributed by atoms with Gasteiger partial charge in [-0.25, -0.2) is 14.0 Å². The average Bonchev–Trinajstić information content (AvgIpc) is 3.29. The summed E-state index contributed by atoms with van der Waals surface area (Å²) in [5.74, 6) is -1.13. The average molecular weight is 557 g/mol. The van der Waals surface area contributed by atoms with Crippen molar-refractivity contribution in [2.75, 3.05) is 13.2 Å². The largest absolute Gasteiger partial charge is 0.462 e. The number of aromatic amines is 1. The van der Waals surface area contributed by atoms with Crippen LogP contribution in [0.15, 0.2) is 73.1 Å². The lowest BCUT2D eigenvalue weighted by molar-refractivity contribution is -0.136. The first-order valence-electron chi connectivity index (χ1n) is 13.1. The molecule has 0 radical (unpaired) electrons. The highest BCUT2D eigenvalue weighted by atomic mass is 19.1. The van der Waals surface area contributed by atoms with Crippen LogP contribution in [-0.2, 0) is 21.5 Å². The van der Waals surface area contributed by atoms with Crippen LogP contribution in [0.2, 0.25) is 0 Å². The van der Waals surface area contributed by atoms with Crippen LogP contribution in [0, 0.1) is 5.82 Å². The van der Waals surface area contributed by atoms with E-state index in [1.807, 2.05) is 19.9 Å². The first-order valence-corrected chi connectivity index (χ1v) is 13.1. The molecule has 41 heavy (non-hydrogen) atoms. The Morgan fingerprint density at radius 1 is 1.10 bits per heavy atom. The second-order valence-corrected chi connectivity index (χ2v) is 10.2. The van der Waals surface area contributed by atoms with E-state index in [4.69, 9.17) is 9.47 Å². The summed E-state index contributed by atoms with van der Waals surface area (Å²) in [5.41, 5.74) is 2.47. The number of benzene rings is 2. The summed E-state index contributed by atoms with van der Waals surface area (Å²) in [6.45, 7) is 6.18. The van der Waals surface area contributed by atoms with Crippen molar-refractivity contribution < 1.29 is 28.2 Å². The van der Waals surface area contributed by atoms with Gasteiger partial charge in [0.2, 0.25) is 0 Å². The summed E-state index contributed by atoms with van der Waals surface area (Å²) >= 11 is 0. The Balaban J connectivity index is 1.50. The number of fused-ring (bicyclic) bond motifs is 3. The number of pyridine rings is 1. The number of nitrogens with zero attached hydrogens (tertiary/aromatic N) is 2. The Labute approximate surface area is 236 Å². The van der Waals surface area contributed by atoms with Crippen molar-refractivity contribution in [2.24, 2.45) is 0 Å². The van der Waals surface area contributed by atoms with E-state index in [1.54, 1.807) is 43.5 Å². The maximum Gasteiger partial charge on any atom is 0.412 e. The molecule has 2 amide bonds. The molecule has 0 saturated carbocycles. The van der Waals surface area contributed by atoms with Crippen LogP contribution in [0.3, 0.4) is 0 Å². The third kappa shape index (κ3) is 5.81. The molecule has 2 aromatic heterocycles. The second-order valence-electron chi connectivity index (χ2n) is 10.2. The van der Waals surface area contributed by atoms with E-state index in [1.165, 1.54) is 35.4 Å². The zero-order chi connectivity index (χ0) is 29.1. The van der Waals surface area contributed by atoms with Crippen molar-refractivity contribution in [3.05, 3.63) is 101 Å². The number of halogens is 1. The van der Waals surface area contributed by atoms with E-state index < -0.39 is 23.3 Å². The molecular formula is C31H29FN4O5. The van der Waals surface area contributed by atoms with Crippen LogP contribution in [0.1, 0.15) is 48.1 Å². The molecule has 5 rings (SSSR count). The van der Waals surface area contributed by atoms with Crippen LogP contribution >= 0.6 is 0 Å². The molecule has 0 spiro atoms. The molecule has 3 heterocycles. The molecule has 10 heteroatoms. The molecule has 0 aliphatic carbocycles. The Morgan fingerprint density at radius 3 is 2.59 bits per heavy atom. The van der Waals surface area contributed by atoms with E-state index in [0.717, 1.165) is 16.5 Å². The standard InChI is InChI=1S/C31H29FN4O5/c1-4-40-29(38)24-17-36(28(37)19-8-10-20(32)11-9-19)18-31(2,3)26-23-15-22(12-13-25(23)35-27(24)26)41-30(39)34-16-21-7-5-6-14-33-21/h5-15,17,35H,4,16,18H2,1-3H3,(H,34,39). The fourth-order valence-corrected chi connectivity index (χ4v) is 4.97. The fourth-order valence-electron chi connectivity index (χ4n) is 4.97. The van der Waals surface area contributed by atoms with Crippen molar-refractivity contribution in [2.45, 2.75) is 32.7 Å². The maximum absolute atomic E-state index is 13.5. The van der Waals surface area contributed by atoms with Crippen molar-refractivity contribution in [3.8, 4) is 5.75 Å². The van der Waals surface area contributed by atoms with Crippen LogP contribution in [-0.4, -0.2) is 46.0 Å². The van der Waals surface area contributed by atoms with E-state index >= 15 is 0 Å². The minimum absolute atomic E-state index is 0.145. The molecule has 1 aliphatic rings. The van der Waals surface area contributed by atoms with Crippen LogP contribution in [0.4, 0.5) is 9.18 Å². The van der Waals surface area contributed by atoms with Crippen LogP contribution in [0.5, 0.6) is 5.75 Å². The third-order valence-corrected chi connectivity index (χ3v) is 6.76. The summed E-state index contributed by atoms with van der Waals surface area (Å²) in [4.78, 5) is 48.1. The van der Waals surface area contributed by atoms with Gasteiger partial charge in [0, 0.05) is 40.8 Å². The van der Waals surface area contributed by atoms with Crippen LogP contribution in [0.25, 0.3) is 16.5 Å². The Hall–Kier alpha value is -4.99. The molecule has 2 N–H and O–H groups in total. The molecule has 210 valence electrons. The smallest absolute Gasteiger partial charge is 0.412 e. The van der Waals surface area contributed by atoms with Crippen molar-refractivity contribution in [1.82, 2.24) is 20.2 Å². The highest BCUT2D eigenvalue weighted by Gasteiger charge is 2.37. The lowest BCUT2D eigenvalue weighted by Crippen LogP contribution is -2.37. The minimum Gasteiger partial charge on any atom is -0.462 e. The topological polar surface area (TPSA) is 114 Å². The first-order chi connectivity index (χ1) is 19.7. The number of H-pyrrole nitrogens is 1. The lowest BCUT2D eigenvalue weighted by atomic mass is 9.81. The summed E-state index contributed by atoms with van der Waals surface area (Å²) in [6.07, 6.45) is 2.48. The molecule has 0 bridgehead atoms. The van der Waals surface area contributed by atoms with Gasteiger partial charge >= 0.3 is 12.1 Å². The summed E-state index contributed by atoms with van der Waals surface area (Å²) < 4.78 is 24.4. The second kappa shape index (κ2) is 11.2. The molecule has 0 saturated heterocycles. The fraction of sp³-hybridized carbons (Fsp3) is 0.226. The highest BCUT2D eigenvalue weighted by Crippen LogP contribution is 2.41. The van der Waals surface area contributed by atoms with Crippen molar-refractivity contribution in [1.29, 1.82) is 0 Å². The van der Waals surface area contributed by atoms with E-state index in [0.29, 0.717) is 17.1 Å². The van der Waals surface area contributed by atoms with Gasteiger partial charge < -0.3 is 24.7 Å². The normalized spacial score (nSPS) is 14.0. The van der Waals surface area contributed by atoms with Gasteiger partial charge in [0.25, 0.3) is 5.91 Å². The van der Waals surface area contributed by atoms with Gasteiger partial charge in [0.1, 0.15) is 11.6 Å². The van der Waals surface area contributed by atoms with Gasteiger partial charge in [-0.3, -0.25) is 9.78 Å². The predicted octanol–water partition coefficient (Wildman–Crippen LogP) is 5.33. The highest BCUT2D eigenvalue weighted by molar-refractivity contribution is 6.18. The van der Waals surface area contributed by atoms with E-state index in [2.05, 4.69) is 15.3 Å². The van der Waals surface area contributed by atoms with E-state index in [9.17, 15) is 18.8 Å². The summed E-state index contributed by atoms with van der Waals surface area (Å²) in [5, 5.41) is 3.41. The van der Waals surface area contributed by atoms with Gasteiger partial charge in [0.05, 0.1) is 30.1 Å². The first kappa shape index (κ1) is 27.6. The third-order valence-electron chi connectivity index (χ3n) is 6.76. The number of hydrogen-bond acceptors (Lipinski definition) is 6. The predicted molar refractivity (Wildman–Crippen MR) is 150 cm³/mol. The van der Waals surface area contributed by atoms with Gasteiger partial charge in [-0.1, -0.05) is 19.9 Å². The lowest BCUT2D eigenvalue weighted by Gasteiger charge is -2.29. The Kier molecular flexibility index (Phi) is 7.56. The molecule has 9 nitrogen and oxygen atoms in total. The van der Waals surface area contributed by atoms with Gasteiger partial charge in [-0.15, -0.1) is 0 Å². The quantitative estimate of drug-likeness (QED) is 0.311. The number of hydrogen-bond donors (Lipinski definition) is 2. The van der Waals surface area contributed by atoms with Gasteiger partial charge in [-0.2, -0.15) is 0 Å². The van der Waals surface area contributed by atoms with E-state index in [-0.39, 0.29) is 36.7 Å². The molecule has 0 fully saturated rings. The van der Waals surface area contributed by atoms with Crippen molar-refractivity contribution >= 4 is 34.4 Å². The molecular weight excluding hydrogens is 527 g/mol. The number of rotatable bonds is 6.